The molecule has 4 heteroatoms. The topological polar surface area (TPSA) is 46.5 Å². The van der Waals surface area contributed by atoms with E-state index in [1.165, 1.54) is 6.08 Å². The first-order valence-corrected chi connectivity index (χ1v) is 5.66. The lowest BCUT2D eigenvalue weighted by molar-refractivity contribution is -0.132. The van der Waals surface area contributed by atoms with Crippen molar-refractivity contribution >= 4 is 17.7 Å². The number of allylic oxidation sites excluding steroid dienone is 1. The molecule has 0 aromatic carbocycles. The Morgan fingerprint density at radius 2 is 2.07 bits per heavy atom. The summed E-state index contributed by atoms with van der Waals surface area (Å²) >= 11 is 1.13. The van der Waals surface area contributed by atoms with Crippen LogP contribution in [0, 0.1) is 0 Å². The van der Waals surface area contributed by atoms with Gasteiger partial charge in [0.1, 0.15) is 10.7 Å². The standard InChI is InChI=1S/C8H12O3S.C2H6/c1-4-6(11-5-2)7(12-3)8(9)10;1-2/h4H,1,5H2,2-3H3,(H,9,10);1-2H3/b7-6+;. The van der Waals surface area contributed by atoms with Gasteiger partial charge in [-0.15, -0.1) is 11.8 Å². The summed E-state index contributed by atoms with van der Waals surface area (Å²) in [6.07, 6.45) is 3.09. The van der Waals surface area contributed by atoms with Crippen LogP contribution in [-0.2, 0) is 9.53 Å². The van der Waals surface area contributed by atoms with Gasteiger partial charge < -0.3 is 9.84 Å². The van der Waals surface area contributed by atoms with Crippen LogP contribution < -0.4 is 0 Å². The summed E-state index contributed by atoms with van der Waals surface area (Å²) in [5.41, 5.74) is 0. The molecule has 0 spiro atoms. The zero-order valence-electron chi connectivity index (χ0n) is 9.16. The van der Waals surface area contributed by atoms with Crippen molar-refractivity contribution in [1.29, 1.82) is 0 Å². The first kappa shape index (κ1) is 15.6. The van der Waals surface area contributed by atoms with E-state index in [0.29, 0.717) is 12.4 Å². The third-order valence-corrected chi connectivity index (χ3v) is 1.89. The molecule has 0 aliphatic rings. The van der Waals surface area contributed by atoms with Crippen molar-refractivity contribution in [2.45, 2.75) is 20.8 Å². The van der Waals surface area contributed by atoms with Crippen LogP contribution in [0.25, 0.3) is 0 Å². The SMILES string of the molecule is C=C/C(OCC)=C(\SC)C(=O)O.CC. The zero-order chi connectivity index (χ0) is 11.6. The number of hydrogen-bond donors (Lipinski definition) is 1. The Bertz CT molecular complexity index is 209. The van der Waals surface area contributed by atoms with Gasteiger partial charge in [0.2, 0.25) is 0 Å². The van der Waals surface area contributed by atoms with Gasteiger partial charge in [-0.2, -0.15) is 0 Å². The molecule has 0 rings (SSSR count). The number of aliphatic carboxylic acids is 1. The summed E-state index contributed by atoms with van der Waals surface area (Å²) in [6.45, 7) is 9.71. The van der Waals surface area contributed by atoms with Gasteiger partial charge in [-0.1, -0.05) is 20.4 Å². The fraction of sp³-hybridized carbons (Fsp3) is 0.500. The number of rotatable bonds is 5. The molecule has 0 saturated heterocycles. The predicted molar refractivity (Wildman–Crippen MR) is 61.3 cm³/mol. The van der Waals surface area contributed by atoms with Crippen LogP contribution >= 0.6 is 11.8 Å². The van der Waals surface area contributed by atoms with E-state index >= 15 is 0 Å². The van der Waals surface area contributed by atoms with Crippen LogP contribution in [0.2, 0.25) is 0 Å². The van der Waals surface area contributed by atoms with Crippen molar-refractivity contribution in [3.8, 4) is 0 Å². The van der Waals surface area contributed by atoms with Crippen molar-refractivity contribution in [3.63, 3.8) is 0 Å². The van der Waals surface area contributed by atoms with Crippen LogP contribution in [0.15, 0.2) is 23.3 Å². The second kappa shape index (κ2) is 10.2. The smallest absolute Gasteiger partial charge is 0.345 e. The van der Waals surface area contributed by atoms with Crippen molar-refractivity contribution in [3.05, 3.63) is 23.3 Å². The van der Waals surface area contributed by atoms with E-state index in [2.05, 4.69) is 6.58 Å². The minimum atomic E-state index is -0.981. The average Bonchev–Trinajstić information content (AvgIpc) is 2.20. The Labute approximate surface area is 89.8 Å². The lowest BCUT2D eigenvalue weighted by Crippen LogP contribution is -2.02. The van der Waals surface area contributed by atoms with Gasteiger partial charge in [0.05, 0.1) is 6.61 Å². The maximum Gasteiger partial charge on any atom is 0.345 e. The summed E-state index contributed by atoms with van der Waals surface area (Å²) < 4.78 is 5.07. The Kier molecular flexibility index (Phi) is 11.3. The Balaban J connectivity index is 0. The summed E-state index contributed by atoms with van der Waals surface area (Å²) in [4.78, 5) is 10.8. The molecule has 0 fully saturated rings. The maximum absolute atomic E-state index is 10.6. The molecule has 3 nitrogen and oxygen atoms in total. The highest BCUT2D eigenvalue weighted by molar-refractivity contribution is 8.03. The normalized spacial score (nSPS) is 10.6. The van der Waals surface area contributed by atoms with E-state index in [0.717, 1.165) is 11.8 Å². The van der Waals surface area contributed by atoms with Gasteiger partial charge in [-0.25, -0.2) is 4.79 Å². The van der Waals surface area contributed by atoms with Crippen LogP contribution in [0.3, 0.4) is 0 Å². The summed E-state index contributed by atoms with van der Waals surface area (Å²) in [5.74, 6) is -0.650. The van der Waals surface area contributed by atoms with Crippen LogP contribution in [0.4, 0.5) is 0 Å². The van der Waals surface area contributed by atoms with Gasteiger partial charge in [-0.3, -0.25) is 0 Å². The van der Waals surface area contributed by atoms with Crippen LogP contribution in [0.1, 0.15) is 20.8 Å². The molecule has 0 amide bonds. The van der Waals surface area contributed by atoms with E-state index in [1.807, 2.05) is 13.8 Å². The number of carbonyl (C=O) groups is 1. The summed E-state index contributed by atoms with van der Waals surface area (Å²) in [6, 6.07) is 0. The van der Waals surface area contributed by atoms with Gasteiger partial charge in [0, 0.05) is 0 Å². The fourth-order valence-electron chi connectivity index (χ4n) is 0.666. The molecular weight excluding hydrogens is 200 g/mol. The summed E-state index contributed by atoms with van der Waals surface area (Å²) in [7, 11) is 0. The van der Waals surface area contributed by atoms with Gasteiger partial charge in [0.25, 0.3) is 0 Å². The molecule has 0 radical (unpaired) electrons. The lowest BCUT2D eigenvalue weighted by Gasteiger charge is -2.06. The average molecular weight is 218 g/mol. The third kappa shape index (κ3) is 5.70. The molecule has 0 saturated carbocycles. The number of carboxylic acid groups (broad SMARTS) is 1. The zero-order valence-corrected chi connectivity index (χ0v) is 9.98. The first-order chi connectivity index (χ1) is 6.67. The lowest BCUT2D eigenvalue weighted by atomic mass is 10.4. The van der Waals surface area contributed by atoms with Gasteiger partial charge in [0.15, 0.2) is 0 Å². The Hall–Kier alpha value is -0.900. The third-order valence-electron chi connectivity index (χ3n) is 1.11. The van der Waals surface area contributed by atoms with Crippen molar-refractivity contribution in [1.82, 2.24) is 0 Å². The van der Waals surface area contributed by atoms with Gasteiger partial charge in [-0.05, 0) is 19.3 Å². The molecule has 0 aliphatic carbocycles. The molecule has 1 N–H and O–H groups in total. The molecule has 0 aromatic rings. The first-order valence-electron chi connectivity index (χ1n) is 4.44. The molecule has 0 heterocycles. The second-order valence-electron chi connectivity index (χ2n) is 1.84. The number of hydrogen-bond acceptors (Lipinski definition) is 3. The molecule has 14 heavy (non-hydrogen) atoms. The quantitative estimate of drug-likeness (QED) is 0.438. The maximum atomic E-state index is 10.6. The minimum absolute atomic E-state index is 0.187. The molecule has 0 atom stereocenters. The molecule has 0 aliphatic heterocycles. The Morgan fingerprint density at radius 3 is 2.29 bits per heavy atom. The minimum Gasteiger partial charge on any atom is -0.492 e. The van der Waals surface area contributed by atoms with Crippen molar-refractivity contribution < 1.29 is 14.6 Å². The van der Waals surface area contributed by atoms with E-state index in [9.17, 15) is 4.79 Å². The van der Waals surface area contributed by atoms with Crippen LogP contribution in [0.5, 0.6) is 0 Å². The molecule has 0 aromatic heterocycles. The van der Waals surface area contributed by atoms with E-state index in [-0.39, 0.29) is 4.91 Å². The highest BCUT2D eigenvalue weighted by Crippen LogP contribution is 2.18. The van der Waals surface area contributed by atoms with E-state index in [4.69, 9.17) is 9.84 Å². The largest absolute Gasteiger partial charge is 0.492 e. The molecular formula is C10H18O3S. The monoisotopic (exact) mass is 218 g/mol. The highest BCUT2D eigenvalue weighted by Gasteiger charge is 2.11. The highest BCUT2D eigenvalue weighted by atomic mass is 32.2. The predicted octanol–water partition coefficient (Wildman–Crippen LogP) is 2.89. The van der Waals surface area contributed by atoms with Crippen LogP contribution in [-0.4, -0.2) is 23.9 Å². The fourth-order valence-corrected chi connectivity index (χ4v) is 1.18. The Morgan fingerprint density at radius 1 is 1.57 bits per heavy atom. The molecule has 0 unspecified atom stereocenters. The summed E-state index contributed by atoms with van der Waals surface area (Å²) in [5, 5.41) is 8.69. The van der Waals surface area contributed by atoms with Crippen molar-refractivity contribution in [2.24, 2.45) is 0 Å². The molecule has 0 bridgehead atoms. The van der Waals surface area contributed by atoms with E-state index < -0.39 is 5.97 Å². The molecule has 82 valence electrons. The number of ether oxygens (including phenoxy) is 1. The second-order valence-corrected chi connectivity index (χ2v) is 2.66. The number of carboxylic acids is 1. The van der Waals surface area contributed by atoms with Gasteiger partial charge >= 0.3 is 5.97 Å². The van der Waals surface area contributed by atoms with Crippen molar-refractivity contribution in [2.75, 3.05) is 12.9 Å². The number of thioether (sulfide) groups is 1. The van der Waals surface area contributed by atoms with E-state index in [1.54, 1.807) is 13.2 Å².